The summed E-state index contributed by atoms with van der Waals surface area (Å²) in [6, 6.07) is 0. The van der Waals surface area contributed by atoms with Gasteiger partial charge in [0.25, 0.3) is 5.56 Å². The van der Waals surface area contributed by atoms with E-state index < -0.39 is 42.1 Å². The van der Waals surface area contributed by atoms with E-state index >= 15 is 0 Å². The molecule has 3 N–H and O–H groups in total. The molecule has 0 aromatic carbocycles. The number of ether oxygens (including phenoxy) is 3. The molecule has 1 fully saturated rings. The highest BCUT2D eigenvalue weighted by Gasteiger charge is 2.49. The number of H-pyrrole nitrogens is 1. The first-order chi connectivity index (χ1) is 12.3. The lowest BCUT2D eigenvalue weighted by Gasteiger charge is -2.18. The first kappa shape index (κ1) is 17.8. The van der Waals surface area contributed by atoms with Crippen LogP contribution in [0.2, 0.25) is 0 Å². The first-order valence-corrected chi connectivity index (χ1v) is 7.60. The molecule has 12 heteroatoms. The molecular formula is C14H16FN5O6. The molecule has 3 heterocycles. The number of alkyl halides is 1. The summed E-state index contributed by atoms with van der Waals surface area (Å²) in [7, 11) is 0. The Hall–Kier alpha value is -3.02. The molecule has 3 rings (SSSR count). The Balaban J connectivity index is 1.96. The fraction of sp³-hybridized carbons (Fsp3) is 0.500. The number of carbonyl (C=O) groups excluding carboxylic acids is 2. The molecule has 0 unspecified atom stereocenters. The molecule has 0 spiro atoms. The lowest BCUT2D eigenvalue weighted by Crippen LogP contribution is -2.36. The summed E-state index contributed by atoms with van der Waals surface area (Å²) in [6.07, 6.45) is -4.31. The van der Waals surface area contributed by atoms with Gasteiger partial charge >= 0.3 is 11.9 Å². The quantitative estimate of drug-likeness (QED) is 0.675. The van der Waals surface area contributed by atoms with Crippen LogP contribution in [0.5, 0.6) is 0 Å². The summed E-state index contributed by atoms with van der Waals surface area (Å²) in [5, 5.41) is 0. The molecule has 4 atom stereocenters. The first-order valence-electron chi connectivity index (χ1n) is 7.60. The summed E-state index contributed by atoms with van der Waals surface area (Å²) in [5.41, 5.74) is 4.88. The second-order valence-electron chi connectivity index (χ2n) is 5.66. The van der Waals surface area contributed by atoms with E-state index in [9.17, 15) is 18.8 Å². The number of nitrogens with two attached hydrogens (primary N) is 1. The van der Waals surface area contributed by atoms with E-state index in [-0.39, 0.29) is 23.7 Å². The van der Waals surface area contributed by atoms with Gasteiger partial charge in [0, 0.05) is 13.8 Å². The highest BCUT2D eigenvalue weighted by atomic mass is 19.1. The number of hydrogen-bond donors (Lipinski definition) is 2. The topological polar surface area (TPSA) is 151 Å². The SMILES string of the molecule is CC(=O)OC[C@H]1O[C@@H](n2cnc3c(=O)[nH]c(N)nc32)[C@H](F)[C@@H]1OC(C)=O. The van der Waals surface area contributed by atoms with Crippen LogP contribution < -0.4 is 11.3 Å². The van der Waals surface area contributed by atoms with E-state index in [4.69, 9.17) is 19.9 Å². The van der Waals surface area contributed by atoms with Crippen LogP contribution in [-0.4, -0.2) is 56.4 Å². The van der Waals surface area contributed by atoms with E-state index in [0.29, 0.717) is 0 Å². The Bertz CT molecular complexity index is 911. The van der Waals surface area contributed by atoms with Crippen LogP contribution in [0.4, 0.5) is 10.3 Å². The largest absolute Gasteiger partial charge is 0.463 e. The van der Waals surface area contributed by atoms with E-state index in [1.54, 1.807) is 0 Å². The maximum Gasteiger partial charge on any atom is 0.303 e. The van der Waals surface area contributed by atoms with Crippen molar-refractivity contribution in [3.8, 4) is 0 Å². The second kappa shape index (κ2) is 6.71. The number of nitrogen functional groups attached to an aromatic ring is 1. The third-order valence-corrected chi connectivity index (χ3v) is 3.74. The number of rotatable bonds is 4. The molecule has 11 nitrogen and oxygen atoms in total. The van der Waals surface area contributed by atoms with Crippen LogP contribution in [0, 0.1) is 0 Å². The maximum absolute atomic E-state index is 14.9. The van der Waals surface area contributed by atoms with E-state index in [1.807, 2.05) is 0 Å². The molecule has 2 aromatic heterocycles. The van der Waals surface area contributed by atoms with E-state index in [0.717, 1.165) is 6.92 Å². The zero-order chi connectivity index (χ0) is 19.0. The Labute approximate surface area is 145 Å². The Morgan fingerprint density at radius 2 is 2.15 bits per heavy atom. The van der Waals surface area contributed by atoms with Gasteiger partial charge in [-0.25, -0.2) is 9.37 Å². The smallest absolute Gasteiger partial charge is 0.303 e. The fourth-order valence-corrected chi connectivity index (χ4v) is 2.71. The highest BCUT2D eigenvalue weighted by Crippen LogP contribution is 2.35. The molecular weight excluding hydrogens is 353 g/mol. The number of hydrogen-bond acceptors (Lipinski definition) is 9. The van der Waals surface area contributed by atoms with Gasteiger partial charge in [0.05, 0.1) is 6.33 Å². The summed E-state index contributed by atoms with van der Waals surface area (Å²) in [4.78, 5) is 44.2. The fourth-order valence-electron chi connectivity index (χ4n) is 2.71. The lowest BCUT2D eigenvalue weighted by atomic mass is 10.1. The number of esters is 2. The monoisotopic (exact) mass is 369 g/mol. The van der Waals surface area contributed by atoms with Gasteiger partial charge in [0.15, 0.2) is 29.7 Å². The average Bonchev–Trinajstić information content (AvgIpc) is 3.08. The van der Waals surface area contributed by atoms with Crippen LogP contribution >= 0.6 is 0 Å². The van der Waals surface area contributed by atoms with Crippen molar-refractivity contribution in [1.29, 1.82) is 0 Å². The van der Waals surface area contributed by atoms with Gasteiger partial charge in [0.2, 0.25) is 5.95 Å². The summed E-state index contributed by atoms with van der Waals surface area (Å²) < 4.78 is 31.5. The zero-order valence-electron chi connectivity index (χ0n) is 13.8. The Morgan fingerprint density at radius 1 is 1.42 bits per heavy atom. The molecule has 140 valence electrons. The summed E-state index contributed by atoms with van der Waals surface area (Å²) >= 11 is 0. The molecule has 26 heavy (non-hydrogen) atoms. The third-order valence-electron chi connectivity index (χ3n) is 3.74. The number of carbonyl (C=O) groups is 2. The Morgan fingerprint density at radius 3 is 2.81 bits per heavy atom. The number of imidazole rings is 1. The van der Waals surface area contributed by atoms with Crippen molar-refractivity contribution in [3.63, 3.8) is 0 Å². The van der Waals surface area contributed by atoms with Gasteiger partial charge in [-0.3, -0.25) is 23.9 Å². The van der Waals surface area contributed by atoms with Gasteiger partial charge < -0.3 is 19.9 Å². The zero-order valence-corrected chi connectivity index (χ0v) is 13.8. The lowest BCUT2D eigenvalue weighted by molar-refractivity contribution is -0.156. The molecule has 2 aromatic rings. The van der Waals surface area contributed by atoms with Crippen LogP contribution in [0.25, 0.3) is 11.2 Å². The normalized spacial score (nSPS) is 25.3. The number of aromatic amines is 1. The minimum absolute atomic E-state index is 0.00797. The molecule has 0 bridgehead atoms. The van der Waals surface area contributed by atoms with Gasteiger partial charge in [0.1, 0.15) is 12.7 Å². The van der Waals surface area contributed by atoms with Crippen molar-refractivity contribution in [3.05, 3.63) is 16.7 Å². The minimum Gasteiger partial charge on any atom is -0.463 e. The number of aromatic nitrogens is 4. The van der Waals surface area contributed by atoms with Gasteiger partial charge in [-0.2, -0.15) is 4.98 Å². The number of nitrogens with zero attached hydrogens (tertiary/aromatic N) is 3. The number of anilines is 1. The molecule has 0 saturated carbocycles. The van der Waals surface area contributed by atoms with E-state index in [1.165, 1.54) is 17.8 Å². The molecule has 1 saturated heterocycles. The van der Waals surface area contributed by atoms with Crippen molar-refractivity contribution in [2.24, 2.45) is 0 Å². The number of nitrogens with one attached hydrogen (secondary N) is 1. The summed E-state index contributed by atoms with van der Waals surface area (Å²) in [6.45, 7) is 1.99. The third kappa shape index (κ3) is 3.22. The predicted octanol–water partition coefficient (Wildman–Crippen LogP) is -0.568. The van der Waals surface area contributed by atoms with Crippen LogP contribution in [0.15, 0.2) is 11.1 Å². The average molecular weight is 369 g/mol. The van der Waals surface area contributed by atoms with E-state index in [2.05, 4.69) is 15.0 Å². The maximum atomic E-state index is 14.9. The second-order valence-corrected chi connectivity index (χ2v) is 5.66. The summed E-state index contributed by atoms with van der Waals surface area (Å²) in [5.74, 6) is -1.49. The van der Waals surface area contributed by atoms with Gasteiger partial charge in [-0.1, -0.05) is 0 Å². The number of halogens is 1. The van der Waals surface area contributed by atoms with Gasteiger partial charge in [-0.05, 0) is 0 Å². The highest BCUT2D eigenvalue weighted by molar-refractivity contribution is 5.70. The predicted molar refractivity (Wildman–Crippen MR) is 83.6 cm³/mol. The van der Waals surface area contributed by atoms with Crippen molar-refractivity contribution in [1.82, 2.24) is 19.5 Å². The Kier molecular flexibility index (Phi) is 4.59. The molecule has 1 aliphatic heterocycles. The van der Waals surface area contributed by atoms with Crippen molar-refractivity contribution >= 4 is 29.1 Å². The van der Waals surface area contributed by atoms with Crippen LogP contribution in [0.1, 0.15) is 20.1 Å². The molecule has 1 aliphatic rings. The van der Waals surface area contributed by atoms with Crippen molar-refractivity contribution in [2.45, 2.75) is 38.5 Å². The van der Waals surface area contributed by atoms with Crippen molar-refractivity contribution < 1.29 is 28.2 Å². The van der Waals surface area contributed by atoms with Crippen LogP contribution in [0.3, 0.4) is 0 Å². The molecule has 0 aliphatic carbocycles. The van der Waals surface area contributed by atoms with Gasteiger partial charge in [-0.15, -0.1) is 0 Å². The minimum atomic E-state index is -1.82. The van der Waals surface area contributed by atoms with Crippen LogP contribution in [-0.2, 0) is 23.8 Å². The standard InChI is InChI=1S/C14H16FN5O6/c1-5(21)24-3-7-10(25-6(2)22)8(15)13(26-7)20-4-17-9-11(20)18-14(16)19-12(9)23/h4,7-8,10,13H,3H2,1-2H3,(H3,16,18,19,23)/t7-,8-,10-,13-/m1/s1. The molecule has 0 radical (unpaired) electrons. The number of fused-ring (bicyclic) bond motifs is 1. The van der Waals surface area contributed by atoms with Crippen molar-refractivity contribution in [2.75, 3.05) is 12.3 Å². The molecule has 0 amide bonds.